The van der Waals surface area contributed by atoms with Crippen molar-refractivity contribution in [2.24, 2.45) is 11.3 Å². The van der Waals surface area contributed by atoms with Gasteiger partial charge in [-0.3, -0.25) is 14.9 Å². The van der Waals surface area contributed by atoms with Crippen molar-refractivity contribution in [2.45, 2.75) is 12.8 Å². The summed E-state index contributed by atoms with van der Waals surface area (Å²) in [6.07, 6.45) is 4.54. The molecule has 1 saturated carbocycles. The Balaban J connectivity index is 1.36. The molecule has 4 heterocycles. The Morgan fingerprint density at radius 3 is 2.60 bits per heavy atom. The van der Waals surface area contributed by atoms with Crippen LogP contribution in [-0.4, -0.2) is 68.4 Å². The minimum Gasteiger partial charge on any atom is -0.355 e. The molecule has 2 aliphatic heterocycles. The molecular formula is C18H21N9O2S. The van der Waals surface area contributed by atoms with Gasteiger partial charge in [0.25, 0.3) is 5.91 Å². The highest BCUT2D eigenvalue weighted by Gasteiger charge is 2.49. The molecule has 3 N–H and O–H groups in total. The van der Waals surface area contributed by atoms with Crippen molar-refractivity contribution in [3.8, 4) is 0 Å². The van der Waals surface area contributed by atoms with Crippen molar-refractivity contribution in [1.29, 1.82) is 0 Å². The predicted molar refractivity (Wildman–Crippen MR) is 112 cm³/mol. The second-order valence-corrected chi connectivity index (χ2v) is 8.87. The average Bonchev–Trinajstić information content (AvgIpc) is 3.51. The Morgan fingerprint density at radius 1 is 1.13 bits per heavy atom. The molecule has 0 radical (unpaired) electrons. The number of nitrogens with zero attached hydrogens (tertiary/aromatic N) is 6. The second kappa shape index (κ2) is 7.35. The predicted octanol–water partition coefficient (Wildman–Crippen LogP) is 0.666. The zero-order chi connectivity index (χ0) is 20.7. The highest BCUT2D eigenvalue weighted by molar-refractivity contribution is 8.00. The number of nitrogens with one attached hydrogen (secondary N) is 3. The maximum Gasteiger partial charge on any atom is 0.256 e. The van der Waals surface area contributed by atoms with Crippen LogP contribution in [0.1, 0.15) is 23.2 Å². The van der Waals surface area contributed by atoms with Crippen LogP contribution in [0.25, 0.3) is 0 Å². The van der Waals surface area contributed by atoms with Crippen LogP contribution in [0, 0.1) is 11.3 Å². The molecule has 1 spiro atoms. The van der Waals surface area contributed by atoms with Crippen molar-refractivity contribution in [3.05, 3.63) is 18.1 Å². The fourth-order valence-corrected chi connectivity index (χ4v) is 4.63. The molecule has 5 rings (SSSR count). The maximum absolute atomic E-state index is 12.2. The highest BCUT2D eigenvalue weighted by atomic mass is 32.2. The Labute approximate surface area is 176 Å². The third-order valence-corrected chi connectivity index (χ3v) is 7.02. The summed E-state index contributed by atoms with van der Waals surface area (Å²) in [4.78, 5) is 47.7. The number of carbonyl (C=O) groups is 2. The minimum atomic E-state index is -0.362. The maximum atomic E-state index is 12.2. The van der Waals surface area contributed by atoms with E-state index in [1.54, 1.807) is 0 Å². The smallest absolute Gasteiger partial charge is 0.256 e. The first-order valence-corrected chi connectivity index (χ1v) is 10.9. The second-order valence-electron chi connectivity index (χ2n) is 7.88. The van der Waals surface area contributed by atoms with Gasteiger partial charge in [-0.2, -0.15) is 21.7 Å². The van der Waals surface area contributed by atoms with Crippen LogP contribution in [0.3, 0.4) is 0 Å². The van der Waals surface area contributed by atoms with E-state index in [9.17, 15) is 9.59 Å². The number of anilines is 4. The van der Waals surface area contributed by atoms with Crippen molar-refractivity contribution >= 4 is 47.2 Å². The van der Waals surface area contributed by atoms with Gasteiger partial charge in [-0.15, -0.1) is 0 Å². The highest BCUT2D eigenvalue weighted by Crippen LogP contribution is 2.46. The number of rotatable bonds is 6. The fraction of sp³-hybridized carbons (Fsp3) is 0.500. The van der Waals surface area contributed by atoms with E-state index in [-0.39, 0.29) is 41.0 Å². The summed E-state index contributed by atoms with van der Waals surface area (Å²) in [5.74, 6) is 3.11. The normalized spacial score (nSPS) is 18.9. The SMILES string of the molecule is CNC(=O)c1cnc(NC(=O)C2CC2)nc1Nc1ncnc(N2CC3(CSC3)C2)n1. The van der Waals surface area contributed by atoms with Gasteiger partial charge in [-0.1, -0.05) is 0 Å². The van der Waals surface area contributed by atoms with Gasteiger partial charge in [-0.05, 0) is 12.8 Å². The number of aromatic nitrogens is 5. The van der Waals surface area contributed by atoms with Crippen molar-refractivity contribution in [2.75, 3.05) is 47.2 Å². The van der Waals surface area contributed by atoms with E-state index >= 15 is 0 Å². The van der Waals surface area contributed by atoms with Crippen LogP contribution >= 0.6 is 11.8 Å². The van der Waals surface area contributed by atoms with Crippen LogP contribution in [0.2, 0.25) is 0 Å². The molecule has 156 valence electrons. The van der Waals surface area contributed by atoms with Gasteiger partial charge in [0, 0.05) is 49.2 Å². The molecule has 30 heavy (non-hydrogen) atoms. The molecule has 0 bridgehead atoms. The lowest BCUT2D eigenvalue weighted by atomic mass is 9.83. The van der Waals surface area contributed by atoms with Crippen molar-refractivity contribution in [3.63, 3.8) is 0 Å². The summed E-state index contributed by atoms with van der Waals surface area (Å²) in [7, 11) is 1.52. The third kappa shape index (κ3) is 3.62. The first-order chi connectivity index (χ1) is 14.5. The first kappa shape index (κ1) is 19.0. The molecule has 3 aliphatic rings. The zero-order valence-corrected chi connectivity index (χ0v) is 17.2. The lowest BCUT2D eigenvalue weighted by Gasteiger charge is -2.55. The summed E-state index contributed by atoms with van der Waals surface area (Å²) < 4.78 is 0. The van der Waals surface area contributed by atoms with Gasteiger partial charge < -0.3 is 15.5 Å². The van der Waals surface area contributed by atoms with Gasteiger partial charge >= 0.3 is 0 Å². The van der Waals surface area contributed by atoms with Crippen LogP contribution in [0.4, 0.5) is 23.7 Å². The van der Waals surface area contributed by atoms with Crippen LogP contribution in [0.15, 0.2) is 12.5 Å². The van der Waals surface area contributed by atoms with Crippen LogP contribution in [-0.2, 0) is 4.79 Å². The molecule has 1 aliphatic carbocycles. The summed E-state index contributed by atoms with van der Waals surface area (Å²) in [5, 5.41) is 8.23. The summed E-state index contributed by atoms with van der Waals surface area (Å²) in [6, 6.07) is 0. The molecule has 0 aromatic carbocycles. The monoisotopic (exact) mass is 427 g/mol. The third-order valence-electron chi connectivity index (χ3n) is 5.38. The average molecular weight is 427 g/mol. The number of thioether (sulfide) groups is 1. The lowest BCUT2D eigenvalue weighted by Crippen LogP contribution is -2.63. The number of hydrogen-bond donors (Lipinski definition) is 3. The van der Waals surface area contributed by atoms with E-state index in [1.807, 2.05) is 11.8 Å². The number of carbonyl (C=O) groups excluding carboxylic acids is 2. The molecule has 12 heteroatoms. The molecule has 2 saturated heterocycles. The molecular weight excluding hydrogens is 406 g/mol. The van der Waals surface area contributed by atoms with Crippen LogP contribution < -0.4 is 20.9 Å². The topological polar surface area (TPSA) is 138 Å². The molecule has 0 unspecified atom stereocenters. The Morgan fingerprint density at radius 2 is 1.93 bits per heavy atom. The molecule has 3 fully saturated rings. The van der Waals surface area contributed by atoms with Gasteiger partial charge in [0.15, 0.2) is 5.82 Å². The number of hydrogen-bond acceptors (Lipinski definition) is 10. The van der Waals surface area contributed by atoms with E-state index < -0.39 is 0 Å². The summed E-state index contributed by atoms with van der Waals surface area (Å²) >= 11 is 1.97. The van der Waals surface area contributed by atoms with E-state index in [2.05, 4.69) is 45.8 Å². The van der Waals surface area contributed by atoms with E-state index in [0.717, 1.165) is 25.9 Å². The van der Waals surface area contributed by atoms with Crippen LogP contribution in [0.5, 0.6) is 0 Å². The first-order valence-electron chi connectivity index (χ1n) is 9.74. The Bertz CT molecular complexity index is 1000. The fourth-order valence-electron chi connectivity index (χ4n) is 3.48. The molecule has 0 atom stereocenters. The molecule has 2 amide bonds. The standard InChI is InChI=1S/C18H21N9O2S/c1-19-14(29)11-4-20-15(25-13(28)10-2-3-10)23-12(11)24-16-21-9-22-17(26-16)27-5-18(6-27)7-30-8-18/h4,9-10H,2-3,5-8H2,1H3,(H,19,29)(H2,20,21,22,23,24,25,26,28). The summed E-state index contributed by atoms with van der Waals surface area (Å²) in [5.41, 5.74) is 0.636. The Kier molecular flexibility index (Phi) is 4.65. The number of amides is 2. The van der Waals surface area contributed by atoms with E-state index in [0.29, 0.717) is 11.4 Å². The van der Waals surface area contributed by atoms with Gasteiger partial charge in [0.1, 0.15) is 11.9 Å². The van der Waals surface area contributed by atoms with E-state index in [4.69, 9.17) is 0 Å². The Hall–Kier alpha value is -3.02. The van der Waals surface area contributed by atoms with Gasteiger partial charge in [0.2, 0.25) is 23.8 Å². The largest absolute Gasteiger partial charge is 0.355 e. The summed E-state index contributed by atoms with van der Waals surface area (Å²) in [6.45, 7) is 1.88. The molecule has 2 aromatic rings. The zero-order valence-electron chi connectivity index (χ0n) is 16.4. The van der Waals surface area contributed by atoms with Gasteiger partial charge in [0.05, 0.1) is 0 Å². The van der Waals surface area contributed by atoms with E-state index in [1.165, 1.54) is 31.1 Å². The van der Waals surface area contributed by atoms with Crippen molar-refractivity contribution < 1.29 is 9.59 Å². The minimum absolute atomic E-state index is 0.0172. The molecule has 11 nitrogen and oxygen atoms in total. The molecule has 2 aromatic heterocycles. The van der Waals surface area contributed by atoms with Crippen molar-refractivity contribution in [1.82, 2.24) is 30.2 Å². The van der Waals surface area contributed by atoms with Gasteiger partial charge in [-0.25, -0.2) is 15.0 Å². The lowest BCUT2D eigenvalue weighted by molar-refractivity contribution is -0.117. The quantitative estimate of drug-likeness (QED) is 0.603.